The predicted molar refractivity (Wildman–Crippen MR) is 122 cm³/mol. The number of fused-ring (bicyclic) bond motifs is 1. The maximum atomic E-state index is 5.81. The summed E-state index contributed by atoms with van der Waals surface area (Å²) >= 11 is 1.60. The van der Waals surface area contributed by atoms with Crippen LogP contribution < -0.4 is 10.1 Å². The molecule has 0 atom stereocenters. The van der Waals surface area contributed by atoms with Crippen LogP contribution >= 0.6 is 11.8 Å². The van der Waals surface area contributed by atoms with Crippen molar-refractivity contribution in [3.05, 3.63) is 60.0 Å². The van der Waals surface area contributed by atoms with E-state index >= 15 is 0 Å². The fraction of sp³-hybridized carbons (Fsp3) is 0.227. The fourth-order valence-electron chi connectivity index (χ4n) is 3.40. The van der Waals surface area contributed by atoms with Crippen LogP contribution in [0.15, 0.2) is 58.8 Å². The second-order valence-electron chi connectivity index (χ2n) is 7.16. The first-order chi connectivity index (χ1) is 15.2. The smallest absolute Gasteiger partial charge is 0.255 e. The molecule has 156 valence electrons. The predicted octanol–water partition coefficient (Wildman–Crippen LogP) is 4.70. The number of benzene rings is 1. The van der Waals surface area contributed by atoms with Gasteiger partial charge in [-0.2, -0.15) is 9.50 Å². The van der Waals surface area contributed by atoms with Gasteiger partial charge in [-0.1, -0.05) is 0 Å². The molecular weight excluding hydrogens is 410 g/mol. The molecule has 0 spiro atoms. The third-order valence-electron chi connectivity index (χ3n) is 4.94. The minimum Gasteiger partial charge on any atom is -0.457 e. The van der Waals surface area contributed by atoms with Crippen LogP contribution in [0.3, 0.4) is 0 Å². The first-order valence-electron chi connectivity index (χ1n) is 9.97. The molecule has 0 radical (unpaired) electrons. The summed E-state index contributed by atoms with van der Waals surface area (Å²) < 4.78 is 7.67. The molecule has 0 bridgehead atoms. The first-order valence-corrected chi connectivity index (χ1v) is 11.2. The molecule has 8 nitrogen and oxygen atoms in total. The summed E-state index contributed by atoms with van der Waals surface area (Å²) in [6.07, 6.45) is 9.60. The molecular formula is C22H21N7OS. The van der Waals surface area contributed by atoms with Gasteiger partial charge in [-0.25, -0.2) is 4.98 Å². The van der Waals surface area contributed by atoms with Gasteiger partial charge in [-0.15, -0.1) is 16.9 Å². The van der Waals surface area contributed by atoms with E-state index in [-0.39, 0.29) is 0 Å². The molecule has 31 heavy (non-hydrogen) atoms. The van der Waals surface area contributed by atoms with Crippen LogP contribution in [-0.4, -0.2) is 44.1 Å². The Hall–Kier alpha value is -3.46. The number of thioether (sulfide) groups is 1. The maximum absolute atomic E-state index is 5.81. The van der Waals surface area contributed by atoms with Crippen LogP contribution in [0.5, 0.6) is 11.5 Å². The lowest BCUT2D eigenvalue weighted by Crippen LogP contribution is -2.07. The molecule has 0 saturated heterocycles. The average molecular weight is 432 g/mol. The van der Waals surface area contributed by atoms with Gasteiger partial charge in [0.15, 0.2) is 0 Å². The summed E-state index contributed by atoms with van der Waals surface area (Å²) in [4.78, 5) is 17.5. The van der Waals surface area contributed by atoms with E-state index in [0.29, 0.717) is 17.6 Å². The zero-order valence-electron chi connectivity index (χ0n) is 17.2. The lowest BCUT2D eigenvalue weighted by molar-refractivity contribution is 0.482. The van der Waals surface area contributed by atoms with Crippen molar-refractivity contribution in [3.63, 3.8) is 0 Å². The summed E-state index contributed by atoms with van der Waals surface area (Å²) in [5.74, 6) is 3.07. The Bertz CT molecular complexity index is 1230. The minimum absolute atomic E-state index is 0.476. The number of pyridine rings is 1. The number of hydrogen-bond acceptors (Lipinski definition) is 8. The number of ether oxygens (including phenoxy) is 1. The number of aliphatic imine (C=N–C) groups is 1. The van der Waals surface area contributed by atoms with Gasteiger partial charge in [-0.3, -0.25) is 9.98 Å². The third kappa shape index (κ3) is 4.09. The van der Waals surface area contributed by atoms with Crippen molar-refractivity contribution in [1.29, 1.82) is 0 Å². The standard InChI is InChI=1S/C22H21N7OS/c1-23-13-18-19(14-3-4-14)29-22(26-20(18)31-2)27-21(28-29)25-15-5-7-16(8-6-15)30-17-9-11-24-12-10-17/h5-14H,3-4H2,1-2H3,(H,25,28). The summed E-state index contributed by atoms with van der Waals surface area (Å²) in [6.45, 7) is 0. The molecule has 3 aromatic heterocycles. The highest BCUT2D eigenvalue weighted by Crippen LogP contribution is 2.42. The number of hydrogen-bond donors (Lipinski definition) is 1. The van der Waals surface area contributed by atoms with E-state index < -0.39 is 0 Å². The summed E-state index contributed by atoms with van der Waals surface area (Å²) in [7, 11) is 1.78. The van der Waals surface area contributed by atoms with E-state index in [1.807, 2.05) is 53.4 Å². The van der Waals surface area contributed by atoms with Gasteiger partial charge in [0, 0.05) is 42.8 Å². The Morgan fingerprint density at radius 1 is 1.10 bits per heavy atom. The van der Waals surface area contributed by atoms with Crippen LogP contribution in [0.2, 0.25) is 0 Å². The number of nitrogens with one attached hydrogen (secondary N) is 1. The van der Waals surface area contributed by atoms with Gasteiger partial charge < -0.3 is 10.1 Å². The quantitative estimate of drug-likeness (QED) is 0.258. The SMILES string of the molecule is CN=Cc1c(SC)nc2nc(Nc3ccc(Oc4ccncc4)cc3)nn2c1C1CC1. The largest absolute Gasteiger partial charge is 0.457 e. The topological polar surface area (TPSA) is 89.6 Å². The Morgan fingerprint density at radius 3 is 2.52 bits per heavy atom. The van der Waals surface area contributed by atoms with E-state index in [2.05, 4.69) is 20.3 Å². The number of aromatic nitrogens is 5. The van der Waals surface area contributed by atoms with Crippen molar-refractivity contribution in [2.24, 2.45) is 4.99 Å². The molecule has 1 aromatic carbocycles. The molecule has 1 aliphatic rings. The Kier molecular flexibility index (Phi) is 5.25. The van der Waals surface area contributed by atoms with E-state index in [0.717, 1.165) is 46.3 Å². The lowest BCUT2D eigenvalue weighted by atomic mass is 10.2. The van der Waals surface area contributed by atoms with E-state index in [4.69, 9.17) is 14.8 Å². The van der Waals surface area contributed by atoms with Gasteiger partial charge >= 0.3 is 0 Å². The maximum Gasteiger partial charge on any atom is 0.255 e. The summed E-state index contributed by atoms with van der Waals surface area (Å²) in [5.41, 5.74) is 3.05. The monoisotopic (exact) mass is 431 g/mol. The van der Waals surface area contributed by atoms with Crippen LogP contribution in [0, 0.1) is 0 Å². The zero-order valence-corrected chi connectivity index (χ0v) is 18.0. The van der Waals surface area contributed by atoms with Crippen molar-refractivity contribution in [2.45, 2.75) is 23.8 Å². The van der Waals surface area contributed by atoms with Gasteiger partial charge in [0.2, 0.25) is 5.95 Å². The number of rotatable bonds is 7. The molecule has 3 heterocycles. The van der Waals surface area contributed by atoms with E-state index in [1.165, 1.54) is 0 Å². The van der Waals surface area contributed by atoms with Gasteiger partial charge in [-0.05, 0) is 55.5 Å². The highest BCUT2D eigenvalue weighted by Gasteiger charge is 2.31. The molecule has 1 fully saturated rings. The van der Waals surface area contributed by atoms with Crippen LogP contribution in [0.1, 0.15) is 30.0 Å². The Morgan fingerprint density at radius 2 is 1.84 bits per heavy atom. The highest BCUT2D eigenvalue weighted by atomic mass is 32.2. The number of nitrogens with zero attached hydrogens (tertiary/aromatic N) is 6. The third-order valence-corrected chi connectivity index (χ3v) is 5.64. The molecule has 1 aliphatic carbocycles. The Labute approximate surface area is 183 Å². The van der Waals surface area contributed by atoms with Crippen LogP contribution in [0.4, 0.5) is 11.6 Å². The first kappa shape index (κ1) is 19.5. The summed E-state index contributed by atoms with van der Waals surface area (Å²) in [5, 5.41) is 8.90. The molecule has 5 rings (SSSR count). The fourth-order valence-corrected chi connectivity index (χ4v) is 3.95. The van der Waals surface area contributed by atoms with E-state index in [1.54, 1.807) is 31.2 Å². The van der Waals surface area contributed by atoms with Gasteiger partial charge in [0.1, 0.15) is 16.5 Å². The average Bonchev–Trinajstić information content (AvgIpc) is 3.55. The molecule has 0 amide bonds. The molecule has 1 saturated carbocycles. The molecule has 9 heteroatoms. The molecule has 0 aliphatic heterocycles. The normalized spacial score (nSPS) is 13.7. The van der Waals surface area contributed by atoms with E-state index in [9.17, 15) is 0 Å². The van der Waals surface area contributed by atoms with Crippen molar-refractivity contribution in [2.75, 3.05) is 18.6 Å². The Balaban J connectivity index is 1.42. The van der Waals surface area contributed by atoms with Crippen LogP contribution in [0.25, 0.3) is 5.78 Å². The second-order valence-corrected chi connectivity index (χ2v) is 7.96. The van der Waals surface area contributed by atoms with Gasteiger partial charge in [0.25, 0.3) is 5.78 Å². The van der Waals surface area contributed by atoms with Crippen molar-refractivity contribution in [1.82, 2.24) is 24.6 Å². The molecule has 1 N–H and O–H groups in total. The molecule has 0 unspecified atom stereocenters. The molecule has 4 aromatic rings. The van der Waals surface area contributed by atoms with Crippen molar-refractivity contribution >= 4 is 35.4 Å². The second kappa shape index (κ2) is 8.35. The van der Waals surface area contributed by atoms with Gasteiger partial charge in [0.05, 0.1) is 5.69 Å². The van der Waals surface area contributed by atoms with Crippen molar-refractivity contribution in [3.8, 4) is 11.5 Å². The zero-order chi connectivity index (χ0) is 21.2. The minimum atomic E-state index is 0.476. The van der Waals surface area contributed by atoms with Crippen molar-refractivity contribution < 1.29 is 4.74 Å². The summed E-state index contributed by atoms with van der Waals surface area (Å²) in [6, 6.07) is 11.3. The van der Waals surface area contributed by atoms with Crippen LogP contribution in [-0.2, 0) is 0 Å². The lowest BCUT2D eigenvalue weighted by Gasteiger charge is -2.09. The number of anilines is 2. The highest BCUT2D eigenvalue weighted by molar-refractivity contribution is 7.98.